The second kappa shape index (κ2) is 6.21. The van der Waals surface area contributed by atoms with Crippen LogP contribution >= 0.6 is 0 Å². The molecule has 0 radical (unpaired) electrons. The molecule has 108 valence electrons. The van der Waals surface area contributed by atoms with Crippen molar-refractivity contribution in [2.45, 2.75) is 12.8 Å². The number of H-pyrrole nitrogens is 1. The van der Waals surface area contributed by atoms with Gasteiger partial charge in [0.25, 0.3) is 0 Å². The summed E-state index contributed by atoms with van der Waals surface area (Å²) in [5, 5.41) is 2.91. The first-order chi connectivity index (χ1) is 10.4. The molecule has 6 nitrogen and oxygen atoms in total. The molecule has 0 aliphatic heterocycles. The van der Waals surface area contributed by atoms with Gasteiger partial charge in [-0.25, -0.2) is 4.98 Å². The molecule has 3 aromatic rings. The Labute approximate surface area is 122 Å². The highest BCUT2D eigenvalue weighted by Crippen LogP contribution is 2.20. The maximum atomic E-state index is 5.78. The Balaban J connectivity index is 1.63. The van der Waals surface area contributed by atoms with E-state index in [1.807, 2.05) is 18.2 Å². The number of nitrogens with zero attached hydrogens (tertiary/aromatic N) is 3. The predicted molar refractivity (Wildman–Crippen MR) is 81.5 cm³/mol. The third-order valence-electron chi connectivity index (χ3n) is 3.17. The van der Waals surface area contributed by atoms with Gasteiger partial charge in [0, 0.05) is 7.05 Å². The normalized spacial score (nSPS) is 10.7. The number of hydrogen-bond acceptors (Lipinski definition) is 5. The summed E-state index contributed by atoms with van der Waals surface area (Å²) in [5.74, 6) is 1.04. The largest absolute Gasteiger partial charge is 0.476 e. The molecule has 0 bridgehead atoms. The fourth-order valence-electron chi connectivity index (χ4n) is 2.11. The van der Waals surface area contributed by atoms with Crippen LogP contribution in [0.25, 0.3) is 11.2 Å². The number of benzene rings is 1. The maximum Gasteiger partial charge on any atom is 0.245 e. The van der Waals surface area contributed by atoms with Gasteiger partial charge in [-0.15, -0.1) is 0 Å². The van der Waals surface area contributed by atoms with Gasteiger partial charge in [-0.2, -0.15) is 9.97 Å². The summed E-state index contributed by atoms with van der Waals surface area (Å²) in [4.78, 5) is 15.7. The predicted octanol–water partition coefficient (Wildman–Crippen LogP) is 2.41. The second-order valence-electron chi connectivity index (χ2n) is 4.64. The maximum absolute atomic E-state index is 5.78. The zero-order valence-electron chi connectivity index (χ0n) is 11.8. The number of aryl methyl sites for hydroxylation is 1. The molecule has 2 heterocycles. The molecule has 6 heteroatoms. The van der Waals surface area contributed by atoms with Gasteiger partial charge in [-0.1, -0.05) is 30.3 Å². The van der Waals surface area contributed by atoms with Crippen LogP contribution in [0, 0.1) is 0 Å². The van der Waals surface area contributed by atoms with Crippen molar-refractivity contribution in [1.29, 1.82) is 0 Å². The first-order valence-electron chi connectivity index (χ1n) is 6.92. The quantitative estimate of drug-likeness (QED) is 0.679. The molecule has 2 aromatic heterocycles. The molecule has 3 rings (SSSR count). The molecule has 0 spiro atoms. The lowest BCUT2D eigenvalue weighted by molar-refractivity contribution is 0.303. The van der Waals surface area contributed by atoms with E-state index >= 15 is 0 Å². The molecule has 1 aromatic carbocycles. The fraction of sp³-hybridized carbons (Fsp3) is 0.267. The Bertz CT molecular complexity index is 710. The Kier molecular flexibility index (Phi) is 3.95. The van der Waals surface area contributed by atoms with E-state index in [0.29, 0.717) is 24.1 Å². The van der Waals surface area contributed by atoms with E-state index in [4.69, 9.17) is 4.74 Å². The van der Waals surface area contributed by atoms with Gasteiger partial charge in [0.2, 0.25) is 11.8 Å². The summed E-state index contributed by atoms with van der Waals surface area (Å²) >= 11 is 0. The van der Waals surface area contributed by atoms with Gasteiger partial charge >= 0.3 is 0 Å². The van der Waals surface area contributed by atoms with Crippen molar-refractivity contribution in [3.8, 4) is 5.88 Å². The summed E-state index contributed by atoms with van der Waals surface area (Å²) < 4.78 is 5.78. The summed E-state index contributed by atoms with van der Waals surface area (Å²) in [6, 6.07) is 10.4. The van der Waals surface area contributed by atoms with Crippen molar-refractivity contribution in [2.24, 2.45) is 0 Å². The molecule has 0 fully saturated rings. The molecule has 0 aliphatic carbocycles. The number of ether oxygens (including phenoxy) is 1. The molecular weight excluding hydrogens is 266 g/mol. The van der Waals surface area contributed by atoms with E-state index in [9.17, 15) is 0 Å². The van der Waals surface area contributed by atoms with Gasteiger partial charge < -0.3 is 15.0 Å². The number of aromatic amines is 1. The number of imidazole rings is 1. The van der Waals surface area contributed by atoms with Crippen molar-refractivity contribution < 1.29 is 4.74 Å². The van der Waals surface area contributed by atoms with E-state index < -0.39 is 0 Å². The smallest absolute Gasteiger partial charge is 0.245 e. The zero-order chi connectivity index (χ0) is 14.5. The average Bonchev–Trinajstić information content (AvgIpc) is 3.00. The highest BCUT2D eigenvalue weighted by molar-refractivity contribution is 5.76. The van der Waals surface area contributed by atoms with E-state index in [1.165, 1.54) is 5.56 Å². The van der Waals surface area contributed by atoms with Crippen LogP contribution in [0.3, 0.4) is 0 Å². The standard InChI is InChI=1S/C15H17N5O/c1-16-15-19-13-12(17-10-18-13)14(20-15)21-9-5-8-11-6-3-2-4-7-11/h2-4,6-7,10H,5,8-9H2,1H3,(H2,16,17,18,19,20). The Hall–Kier alpha value is -2.63. The SMILES string of the molecule is CNc1nc(OCCCc2ccccc2)c2[nH]cnc2n1. The number of nitrogens with one attached hydrogen (secondary N) is 2. The highest BCUT2D eigenvalue weighted by Gasteiger charge is 2.10. The lowest BCUT2D eigenvalue weighted by atomic mass is 10.1. The van der Waals surface area contributed by atoms with E-state index in [1.54, 1.807) is 13.4 Å². The minimum Gasteiger partial charge on any atom is -0.476 e. The molecular formula is C15H17N5O. The fourth-order valence-corrected chi connectivity index (χ4v) is 2.11. The molecule has 0 saturated heterocycles. The summed E-state index contributed by atoms with van der Waals surface area (Å²) in [6.07, 6.45) is 3.51. The number of hydrogen-bond donors (Lipinski definition) is 2. The molecule has 0 saturated carbocycles. The van der Waals surface area contributed by atoms with Gasteiger partial charge in [0.1, 0.15) is 5.52 Å². The van der Waals surface area contributed by atoms with E-state index in [-0.39, 0.29) is 0 Å². The minimum absolute atomic E-state index is 0.507. The van der Waals surface area contributed by atoms with Crippen LogP contribution in [0.5, 0.6) is 5.88 Å². The first-order valence-corrected chi connectivity index (χ1v) is 6.92. The second-order valence-corrected chi connectivity index (χ2v) is 4.64. The van der Waals surface area contributed by atoms with E-state index in [2.05, 4.69) is 37.4 Å². The van der Waals surface area contributed by atoms with Gasteiger partial charge in [-0.05, 0) is 18.4 Å². The summed E-state index contributed by atoms with van der Waals surface area (Å²) in [6.45, 7) is 0.600. The Morgan fingerprint density at radius 3 is 2.86 bits per heavy atom. The molecule has 0 aliphatic rings. The van der Waals surface area contributed by atoms with Crippen LogP contribution in [0.2, 0.25) is 0 Å². The summed E-state index contributed by atoms with van der Waals surface area (Å²) in [5.41, 5.74) is 2.65. The Morgan fingerprint density at radius 1 is 1.19 bits per heavy atom. The molecule has 2 N–H and O–H groups in total. The van der Waals surface area contributed by atoms with Crippen LogP contribution in [0.4, 0.5) is 5.95 Å². The van der Waals surface area contributed by atoms with Crippen molar-refractivity contribution in [3.63, 3.8) is 0 Å². The number of aromatic nitrogens is 4. The highest BCUT2D eigenvalue weighted by atomic mass is 16.5. The van der Waals surface area contributed by atoms with Crippen LogP contribution in [0.15, 0.2) is 36.7 Å². The van der Waals surface area contributed by atoms with Gasteiger partial charge in [-0.3, -0.25) is 0 Å². The lowest BCUT2D eigenvalue weighted by Crippen LogP contribution is -2.04. The van der Waals surface area contributed by atoms with Gasteiger partial charge in [0.05, 0.1) is 12.9 Å². The number of rotatable bonds is 6. The third-order valence-corrected chi connectivity index (χ3v) is 3.17. The first kappa shape index (κ1) is 13.4. The monoisotopic (exact) mass is 283 g/mol. The minimum atomic E-state index is 0.507. The van der Waals surface area contributed by atoms with Gasteiger partial charge in [0.15, 0.2) is 5.65 Å². The summed E-state index contributed by atoms with van der Waals surface area (Å²) in [7, 11) is 1.77. The molecule has 21 heavy (non-hydrogen) atoms. The lowest BCUT2D eigenvalue weighted by Gasteiger charge is -2.07. The molecule has 0 amide bonds. The van der Waals surface area contributed by atoms with Crippen LogP contribution < -0.4 is 10.1 Å². The zero-order valence-corrected chi connectivity index (χ0v) is 11.8. The van der Waals surface area contributed by atoms with Crippen LogP contribution in [-0.4, -0.2) is 33.6 Å². The van der Waals surface area contributed by atoms with E-state index in [0.717, 1.165) is 18.4 Å². The number of fused-ring (bicyclic) bond motifs is 1. The van der Waals surface area contributed by atoms with Crippen molar-refractivity contribution >= 4 is 17.1 Å². The topological polar surface area (TPSA) is 75.7 Å². The molecule has 0 atom stereocenters. The third kappa shape index (κ3) is 3.10. The van der Waals surface area contributed by atoms with Crippen LogP contribution in [0.1, 0.15) is 12.0 Å². The van der Waals surface area contributed by atoms with Crippen molar-refractivity contribution in [2.75, 3.05) is 19.0 Å². The van der Waals surface area contributed by atoms with Crippen LogP contribution in [-0.2, 0) is 6.42 Å². The van der Waals surface area contributed by atoms with Crippen molar-refractivity contribution in [3.05, 3.63) is 42.2 Å². The van der Waals surface area contributed by atoms with Crippen molar-refractivity contribution in [1.82, 2.24) is 19.9 Å². The number of anilines is 1. The Morgan fingerprint density at radius 2 is 2.05 bits per heavy atom. The average molecular weight is 283 g/mol. The molecule has 0 unspecified atom stereocenters.